The van der Waals surface area contributed by atoms with Gasteiger partial charge in [0.05, 0.1) is 10.9 Å². The molecule has 0 N–H and O–H groups in total. The van der Waals surface area contributed by atoms with E-state index in [0.29, 0.717) is 5.25 Å². The zero-order valence-electron chi connectivity index (χ0n) is 16.9. The van der Waals surface area contributed by atoms with Crippen molar-refractivity contribution in [2.24, 2.45) is 5.92 Å². The highest BCUT2D eigenvalue weighted by Gasteiger charge is 2.36. The first-order valence-corrected chi connectivity index (χ1v) is 11.6. The number of aromatic nitrogens is 2. The molecule has 1 aliphatic heterocycles. The predicted molar refractivity (Wildman–Crippen MR) is 111 cm³/mol. The predicted octanol–water partition coefficient (Wildman–Crippen LogP) is 7.20. The van der Waals surface area contributed by atoms with Crippen LogP contribution in [0.1, 0.15) is 107 Å². The molecule has 3 unspecified atom stereocenters. The highest BCUT2D eigenvalue weighted by Crippen LogP contribution is 2.51. The molecule has 2 nitrogen and oxygen atoms in total. The normalized spacial score (nSPS) is 23.3. The van der Waals surface area contributed by atoms with Crippen molar-refractivity contribution in [3.05, 3.63) is 23.3 Å². The monoisotopic (exact) mass is 362 g/mol. The van der Waals surface area contributed by atoms with Gasteiger partial charge in [0.2, 0.25) is 0 Å². The fourth-order valence-electron chi connectivity index (χ4n) is 4.13. The first kappa shape index (κ1) is 20.7. The van der Waals surface area contributed by atoms with E-state index in [1.165, 1.54) is 76.3 Å². The lowest BCUT2D eigenvalue weighted by molar-refractivity contribution is 0.422. The average molecular weight is 363 g/mol. The Kier molecular flexibility index (Phi) is 9.30. The Morgan fingerprint density at radius 3 is 2.24 bits per heavy atom. The first-order valence-electron chi connectivity index (χ1n) is 10.6. The third-order valence-corrected chi connectivity index (χ3v) is 7.15. The lowest BCUT2D eigenvalue weighted by atomic mass is 9.90. The number of hydrogen-bond donors (Lipinski definition) is 0. The maximum Gasteiger partial charge on any atom is 0.125 e. The number of rotatable bonds is 11. The molecule has 3 heteroatoms. The molecule has 1 aromatic heterocycles. The van der Waals surface area contributed by atoms with Crippen LogP contribution in [-0.4, -0.2) is 15.2 Å². The minimum Gasteiger partial charge on any atom is -0.239 e. The van der Waals surface area contributed by atoms with Crippen LogP contribution in [0.2, 0.25) is 0 Å². The number of aryl methyl sites for hydroxylation is 2. The van der Waals surface area contributed by atoms with Crippen molar-refractivity contribution in [1.82, 2.24) is 9.97 Å². The Balaban J connectivity index is 1.98. The lowest BCUT2D eigenvalue weighted by Gasteiger charge is -2.18. The van der Waals surface area contributed by atoms with Gasteiger partial charge in [-0.2, -0.15) is 0 Å². The molecule has 0 aliphatic carbocycles. The van der Waals surface area contributed by atoms with E-state index < -0.39 is 0 Å². The molecule has 3 atom stereocenters. The molecule has 2 rings (SSSR count). The van der Waals surface area contributed by atoms with E-state index in [2.05, 4.69) is 43.6 Å². The van der Waals surface area contributed by atoms with Gasteiger partial charge >= 0.3 is 0 Å². The van der Waals surface area contributed by atoms with Crippen molar-refractivity contribution in [2.75, 3.05) is 0 Å². The van der Waals surface area contributed by atoms with Gasteiger partial charge in [0.15, 0.2) is 0 Å². The van der Waals surface area contributed by atoms with Crippen molar-refractivity contribution in [2.45, 2.75) is 109 Å². The third-order valence-electron chi connectivity index (χ3n) is 5.42. The lowest BCUT2D eigenvalue weighted by Crippen LogP contribution is -2.08. The van der Waals surface area contributed by atoms with E-state index in [9.17, 15) is 0 Å². The molecule has 0 radical (unpaired) electrons. The summed E-state index contributed by atoms with van der Waals surface area (Å²) in [7, 11) is 0. The van der Waals surface area contributed by atoms with Crippen LogP contribution in [0.4, 0.5) is 0 Å². The average Bonchev–Trinajstić information content (AvgIpc) is 2.98. The minimum absolute atomic E-state index is 0.596. The second-order valence-corrected chi connectivity index (χ2v) is 9.30. The van der Waals surface area contributed by atoms with Crippen LogP contribution in [0.5, 0.6) is 0 Å². The summed E-state index contributed by atoms with van der Waals surface area (Å²) in [6, 6.07) is 2.24. The van der Waals surface area contributed by atoms with E-state index >= 15 is 0 Å². The molecule has 2 heterocycles. The van der Waals surface area contributed by atoms with E-state index in [1.54, 1.807) is 0 Å². The Hall–Kier alpha value is -0.570. The molecule has 142 valence electrons. The van der Waals surface area contributed by atoms with Gasteiger partial charge in [0, 0.05) is 10.9 Å². The summed E-state index contributed by atoms with van der Waals surface area (Å²) in [5.41, 5.74) is 2.42. The minimum atomic E-state index is 0.596. The number of hydrogen-bond acceptors (Lipinski definition) is 3. The Labute approximate surface area is 160 Å². The smallest absolute Gasteiger partial charge is 0.125 e. The summed E-state index contributed by atoms with van der Waals surface area (Å²) >= 11 is 2.22. The van der Waals surface area contributed by atoms with Gasteiger partial charge < -0.3 is 0 Å². The largest absolute Gasteiger partial charge is 0.239 e. The van der Waals surface area contributed by atoms with Crippen LogP contribution >= 0.6 is 11.8 Å². The summed E-state index contributed by atoms with van der Waals surface area (Å²) in [6.07, 6.45) is 15.2. The van der Waals surface area contributed by atoms with E-state index in [0.717, 1.165) is 22.7 Å². The SMILES string of the molecule is CCCCCCC1CC(CCCCCC)C(c2cc(C)nc(C)n2)S1. The topological polar surface area (TPSA) is 25.8 Å². The van der Waals surface area contributed by atoms with Crippen molar-refractivity contribution in [3.8, 4) is 0 Å². The van der Waals surface area contributed by atoms with Crippen LogP contribution in [0.15, 0.2) is 6.07 Å². The maximum atomic E-state index is 4.82. The molecule has 0 amide bonds. The molecular formula is C22H38N2S. The molecule has 0 bridgehead atoms. The second-order valence-electron chi connectivity index (χ2n) is 7.85. The third kappa shape index (κ3) is 6.92. The van der Waals surface area contributed by atoms with Crippen LogP contribution in [-0.2, 0) is 0 Å². The number of nitrogens with zero attached hydrogens (tertiary/aromatic N) is 2. The summed E-state index contributed by atoms with van der Waals surface area (Å²) in [5.74, 6) is 1.75. The van der Waals surface area contributed by atoms with Crippen LogP contribution < -0.4 is 0 Å². The standard InChI is InChI=1S/C22H38N2S/c1-5-7-9-11-13-19-16-20(14-12-10-8-6-2)25-22(19)21-15-17(3)23-18(4)24-21/h15,19-20,22H,5-14,16H2,1-4H3. The van der Waals surface area contributed by atoms with Crippen LogP contribution in [0.25, 0.3) is 0 Å². The quantitative estimate of drug-likeness (QED) is 0.389. The molecule has 1 fully saturated rings. The molecule has 1 aromatic rings. The van der Waals surface area contributed by atoms with Crippen molar-refractivity contribution in [3.63, 3.8) is 0 Å². The molecule has 0 spiro atoms. The zero-order chi connectivity index (χ0) is 18.1. The van der Waals surface area contributed by atoms with E-state index in [1.807, 2.05) is 6.92 Å². The number of thioether (sulfide) groups is 1. The Morgan fingerprint density at radius 2 is 1.60 bits per heavy atom. The maximum absolute atomic E-state index is 4.82. The fraction of sp³-hybridized carbons (Fsp3) is 0.818. The Bertz CT molecular complexity index is 483. The molecule has 0 aromatic carbocycles. The fourth-order valence-corrected chi connectivity index (χ4v) is 5.93. The van der Waals surface area contributed by atoms with Gasteiger partial charge in [-0.3, -0.25) is 0 Å². The summed E-state index contributed by atoms with van der Waals surface area (Å²) in [6.45, 7) is 8.74. The van der Waals surface area contributed by atoms with E-state index in [-0.39, 0.29) is 0 Å². The molecule has 1 saturated heterocycles. The van der Waals surface area contributed by atoms with Gasteiger partial charge in [-0.25, -0.2) is 9.97 Å². The van der Waals surface area contributed by atoms with E-state index in [4.69, 9.17) is 4.98 Å². The first-order chi connectivity index (χ1) is 12.1. The van der Waals surface area contributed by atoms with Gasteiger partial charge in [-0.1, -0.05) is 65.2 Å². The van der Waals surface area contributed by atoms with Gasteiger partial charge in [-0.05, 0) is 45.1 Å². The highest BCUT2D eigenvalue weighted by molar-refractivity contribution is 8.00. The van der Waals surface area contributed by atoms with Crippen molar-refractivity contribution < 1.29 is 0 Å². The van der Waals surface area contributed by atoms with Crippen LogP contribution in [0, 0.1) is 19.8 Å². The molecule has 0 saturated carbocycles. The summed E-state index contributed by atoms with van der Waals surface area (Å²) < 4.78 is 0. The van der Waals surface area contributed by atoms with Gasteiger partial charge in [0.25, 0.3) is 0 Å². The van der Waals surface area contributed by atoms with Crippen LogP contribution in [0.3, 0.4) is 0 Å². The van der Waals surface area contributed by atoms with Gasteiger partial charge in [0.1, 0.15) is 5.82 Å². The Morgan fingerprint density at radius 1 is 0.920 bits per heavy atom. The van der Waals surface area contributed by atoms with Crippen molar-refractivity contribution >= 4 is 11.8 Å². The summed E-state index contributed by atoms with van der Waals surface area (Å²) in [5, 5.41) is 1.44. The highest BCUT2D eigenvalue weighted by atomic mass is 32.2. The van der Waals surface area contributed by atoms with Gasteiger partial charge in [-0.15, -0.1) is 11.8 Å². The zero-order valence-corrected chi connectivity index (χ0v) is 17.7. The molecular weight excluding hydrogens is 324 g/mol. The number of unbranched alkanes of at least 4 members (excludes halogenated alkanes) is 6. The molecule has 1 aliphatic rings. The summed E-state index contributed by atoms with van der Waals surface area (Å²) in [4.78, 5) is 9.31. The second kappa shape index (κ2) is 11.2. The van der Waals surface area contributed by atoms with Crippen molar-refractivity contribution in [1.29, 1.82) is 0 Å². The molecule has 25 heavy (non-hydrogen) atoms.